The minimum absolute atomic E-state index is 0.321. The second-order valence-corrected chi connectivity index (χ2v) is 4.69. The van der Waals surface area contributed by atoms with E-state index >= 15 is 0 Å². The molecule has 5 heteroatoms. The molecule has 0 bridgehead atoms. The molecule has 0 amide bonds. The summed E-state index contributed by atoms with van der Waals surface area (Å²) >= 11 is 0. The Kier molecular flexibility index (Phi) is 3.85. The molecule has 1 aromatic heterocycles. The third kappa shape index (κ3) is 2.61. The minimum atomic E-state index is -1.04. The monoisotopic (exact) mass is 264 g/mol. The first kappa shape index (κ1) is 13.5. The highest BCUT2D eigenvalue weighted by atomic mass is 19.1. The summed E-state index contributed by atoms with van der Waals surface area (Å²) in [5.41, 5.74) is 7.32. The number of aromatic nitrogens is 1. The van der Waals surface area contributed by atoms with Gasteiger partial charge in [-0.25, -0.2) is 4.39 Å². The Labute approximate surface area is 110 Å². The van der Waals surface area contributed by atoms with Gasteiger partial charge in [0.25, 0.3) is 0 Å². The molecular weight excluding hydrogens is 247 g/mol. The molecule has 4 N–H and O–H groups in total. The molecule has 0 aliphatic carbocycles. The molecule has 0 aliphatic heterocycles. The minimum Gasteiger partial charge on any atom is -0.480 e. The summed E-state index contributed by atoms with van der Waals surface area (Å²) in [6, 6.07) is 3.44. The number of aromatic amines is 1. The molecule has 0 aliphatic rings. The van der Waals surface area contributed by atoms with E-state index in [1.165, 1.54) is 12.1 Å². The van der Waals surface area contributed by atoms with Crippen molar-refractivity contribution in [1.82, 2.24) is 4.98 Å². The molecule has 2 rings (SSSR count). The average molecular weight is 264 g/mol. The topological polar surface area (TPSA) is 79.1 Å². The summed E-state index contributed by atoms with van der Waals surface area (Å²) in [5.74, 6) is -1.70. The van der Waals surface area contributed by atoms with Crippen molar-refractivity contribution in [3.05, 3.63) is 35.8 Å². The Bertz CT molecular complexity index is 594. The van der Waals surface area contributed by atoms with Crippen molar-refractivity contribution in [3.8, 4) is 0 Å². The van der Waals surface area contributed by atoms with E-state index in [4.69, 9.17) is 10.8 Å². The van der Waals surface area contributed by atoms with Crippen LogP contribution in [0.2, 0.25) is 0 Å². The molecule has 0 fully saturated rings. The van der Waals surface area contributed by atoms with E-state index in [1.54, 1.807) is 12.3 Å². The van der Waals surface area contributed by atoms with Gasteiger partial charge in [-0.15, -0.1) is 0 Å². The standard InChI is InChI=1S/C14H17FN2O2/c1-2-3-9(13(16)14(18)19)11-7-17-12-5-4-8(15)6-10(11)12/h4-7,9,13,17H,2-3,16H2,1H3,(H,18,19)/t9-,13-/m0/s1. The van der Waals surface area contributed by atoms with E-state index in [2.05, 4.69) is 4.98 Å². The molecule has 19 heavy (non-hydrogen) atoms. The largest absolute Gasteiger partial charge is 0.480 e. The van der Waals surface area contributed by atoms with Crippen molar-refractivity contribution < 1.29 is 14.3 Å². The van der Waals surface area contributed by atoms with Crippen molar-refractivity contribution in [2.75, 3.05) is 0 Å². The number of nitrogens with one attached hydrogen (secondary N) is 1. The number of hydrogen-bond acceptors (Lipinski definition) is 2. The number of carbonyl (C=O) groups is 1. The van der Waals surface area contributed by atoms with Gasteiger partial charge < -0.3 is 15.8 Å². The fraction of sp³-hybridized carbons (Fsp3) is 0.357. The molecule has 1 heterocycles. The number of carboxylic acids is 1. The fourth-order valence-corrected chi connectivity index (χ4v) is 2.43. The van der Waals surface area contributed by atoms with Crippen LogP contribution in [0.25, 0.3) is 10.9 Å². The molecule has 0 radical (unpaired) electrons. The van der Waals surface area contributed by atoms with Gasteiger partial charge in [-0.2, -0.15) is 0 Å². The molecule has 0 saturated heterocycles. The maximum Gasteiger partial charge on any atom is 0.321 e. The normalized spacial score (nSPS) is 14.5. The van der Waals surface area contributed by atoms with Crippen LogP contribution < -0.4 is 5.73 Å². The second-order valence-electron chi connectivity index (χ2n) is 4.69. The van der Waals surface area contributed by atoms with Crippen molar-refractivity contribution in [3.63, 3.8) is 0 Å². The van der Waals surface area contributed by atoms with Gasteiger partial charge in [0.15, 0.2) is 0 Å². The number of nitrogens with two attached hydrogens (primary N) is 1. The smallest absolute Gasteiger partial charge is 0.321 e. The molecule has 2 atom stereocenters. The number of carboxylic acid groups (broad SMARTS) is 1. The summed E-state index contributed by atoms with van der Waals surface area (Å²) in [4.78, 5) is 14.1. The molecule has 4 nitrogen and oxygen atoms in total. The van der Waals surface area contributed by atoms with Crippen molar-refractivity contribution in [2.45, 2.75) is 31.7 Å². The maximum absolute atomic E-state index is 13.3. The summed E-state index contributed by atoms with van der Waals surface area (Å²) in [6.07, 6.45) is 3.19. The van der Waals surface area contributed by atoms with E-state index in [1.807, 2.05) is 6.92 Å². The zero-order chi connectivity index (χ0) is 14.0. The zero-order valence-corrected chi connectivity index (χ0v) is 10.7. The summed E-state index contributed by atoms with van der Waals surface area (Å²) in [6.45, 7) is 1.97. The van der Waals surface area contributed by atoms with Crippen LogP contribution in [0.5, 0.6) is 0 Å². The number of benzene rings is 1. The number of fused-ring (bicyclic) bond motifs is 1. The second kappa shape index (κ2) is 5.40. The van der Waals surface area contributed by atoms with Gasteiger partial charge in [-0.05, 0) is 30.2 Å². The number of halogens is 1. The van der Waals surface area contributed by atoms with Gasteiger partial charge in [-0.3, -0.25) is 4.79 Å². The third-order valence-corrected chi connectivity index (χ3v) is 3.39. The first-order valence-electron chi connectivity index (χ1n) is 6.29. The summed E-state index contributed by atoms with van der Waals surface area (Å²) < 4.78 is 13.3. The van der Waals surface area contributed by atoms with Crippen LogP contribution in [0.15, 0.2) is 24.4 Å². The maximum atomic E-state index is 13.3. The van der Waals surface area contributed by atoms with Gasteiger partial charge in [0, 0.05) is 23.0 Å². The zero-order valence-electron chi connectivity index (χ0n) is 10.7. The lowest BCUT2D eigenvalue weighted by molar-refractivity contribution is -0.139. The van der Waals surface area contributed by atoms with Gasteiger partial charge in [0.1, 0.15) is 11.9 Å². The Hall–Kier alpha value is -1.88. The molecule has 2 aromatic rings. The number of H-pyrrole nitrogens is 1. The van der Waals surface area contributed by atoms with Crippen LogP contribution >= 0.6 is 0 Å². The predicted octanol–water partition coefficient (Wildman–Crippen LogP) is 2.60. The fourth-order valence-electron chi connectivity index (χ4n) is 2.43. The first-order valence-corrected chi connectivity index (χ1v) is 6.29. The van der Waals surface area contributed by atoms with Gasteiger partial charge >= 0.3 is 5.97 Å². The van der Waals surface area contributed by atoms with Crippen LogP contribution in [-0.4, -0.2) is 22.1 Å². The number of aliphatic carboxylic acids is 1. The van der Waals surface area contributed by atoms with Gasteiger partial charge in [0.05, 0.1) is 0 Å². The highest BCUT2D eigenvalue weighted by Crippen LogP contribution is 2.31. The van der Waals surface area contributed by atoms with Gasteiger partial charge in [0.2, 0.25) is 0 Å². The lowest BCUT2D eigenvalue weighted by Crippen LogP contribution is -2.36. The van der Waals surface area contributed by atoms with Crippen molar-refractivity contribution in [2.24, 2.45) is 5.73 Å². The predicted molar refractivity (Wildman–Crippen MR) is 71.5 cm³/mol. The SMILES string of the molecule is CCC[C@@H](c1c[nH]c2ccc(F)cc12)[C@H](N)C(=O)O. The molecular formula is C14H17FN2O2. The van der Waals surface area contributed by atoms with E-state index in [0.29, 0.717) is 11.8 Å². The Morgan fingerprint density at radius 2 is 2.26 bits per heavy atom. The lowest BCUT2D eigenvalue weighted by Gasteiger charge is -2.19. The van der Waals surface area contributed by atoms with Gasteiger partial charge in [-0.1, -0.05) is 13.3 Å². The van der Waals surface area contributed by atoms with Crippen LogP contribution in [0, 0.1) is 5.82 Å². The highest BCUT2D eigenvalue weighted by molar-refractivity contribution is 5.85. The molecule has 1 aromatic carbocycles. The van der Waals surface area contributed by atoms with Crippen LogP contribution in [0.4, 0.5) is 4.39 Å². The molecule has 0 spiro atoms. The first-order chi connectivity index (χ1) is 9.04. The van der Waals surface area contributed by atoms with Crippen molar-refractivity contribution >= 4 is 16.9 Å². The number of rotatable bonds is 5. The summed E-state index contributed by atoms with van der Waals surface area (Å²) in [5, 5.41) is 9.80. The quantitative estimate of drug-likeness (QED) is 0.776. The highest BCUT2D eigenvalue weighted by Gasteiger charge is 2.27. The van der Waals surface area contributed by atoms with Crippen molar-refractivity contribution in [1.29, 1.82) is 0 Å². The van der Waals surface area contributed by atoms with Crippen LogP contribution in [0.3, 0.4) is 0 Å². The third-order valence-electron chi connectivity index (χ3n) is 3.39. The van der Waals surface area contributed by atoms with E-state index in [9.17, 15) is 9.18 Å². The molecule has 0 saturated carbocycles. The summed E-state index contributed by atoms with van der Waals surface area (Å²) in [7, 11) is 0. The van der Waals surface area contributed by atoms with E-state index < -0.39 is 12.0 Å². The lowest BCUT2D eigenvalue weighted by atomic mass is 9.88. The van der Waals surface area contributed by atoms with E-state index in [-0.39, 0.29) is 11.7 Å². The van der Waals surface area contributed by atoms with Crippen LogP contribution in [0.1, 0.15) is 31.2 Å². The van der Waals surface area contributed by atoms with E-state index in [0.717, 1.165) is 17.5 Å². The molecule has 102 valence electrons. The Morgan fingerprint density at radius 3 is 2.89 bits per heavy atom. The number of hydrogen-bond donors (Lipinski definition) is 3. The van der Waals surface area contributed by atoms with Crippen LogP contribution in [-0.2, 0) is 4.79 Å². The average Bonchev–Trinajstić information content (AvgIpc) is 2.77. The molecule has 0 unspecified atom stereocenters. The Balaban J connectivity index is 2.49. The Morgan fingerprint density at radius 1 is 1.53 bits per heavy atom.